The second kappa shape index (κ2) is 16.6. The molecule has 0 radical (unpaired) electrons. The van der Waals surface area contributed by atoms with E-state index in [4.69, 9.17) is 15.0 Å². The molecule has 0 amide bonds. The average molecular weight is 986 g/mol. The van der Waals surface area contributed by atoms with Crippen LogP contribution in [0.25, 0.3) is 82.4 Å². The smallest absolute Gasteiger partial charge is 0.255 e. The Morgan fingerprint density at radius 2 is 0.986 bits per heavy atom. The standard InChI is InChI=1S/C61H40N4OP2Se/c66-67(46-16-5-1-6-17-46,47-18-7-2-8-19-47)51-30-34-55(63-40-51)44-28-33-56-59(37-44)65-58-36-42(27-31-53(58)54-32-26-41-15-13-14-24-52(41)60(54)61(65)64-56)45-35-43-25-29-50(38-57(43)62-39-45)68(69,48-20-9-3-10-21-48)49-22-11-4-12-23-49/h1-40H. The molecule has 8 heteroatoms. The van der Waals surface area contributed by atoms with Crippen molar-refractivity contribution in [2.24, 2.45) is 0 Å². The Hall–Kier alpha value is -7.55. The summed E-state index contributed by atoms with van der Waals surface area (Å²) in [5.74, 6) is 0. The van der Waals surface area contributed by atoms with Gasteiger partial charge in [0, 0.05) is 33.1 Å². The van der Waals surface area contributed by atoms with E-state index >= 15 is 4.57 Å². The summed E-state index contributed by atoms with van der Waals surface area (Å²) in [5, 5.41) is 12.9. The molecule has 326 valence electrons. The zero-order chi connectivity index (χ0) is 46.1. The van der Waals surface area contributed by atoms with Gasteiger partial charge in [-0.2, -0.15) is 0 Å². The van der Waals surface area contributed by atoms with Gasteiger partial charge in [0.2, 0.25) is 0 Å². The summed E-state index contributed by atoms with van der Waals surface area (Å²) >= 11 is 3.70. The third-order valence-corrected chi connectivity index (χ3v) is 23.7. The first kappa shape index (κ1) is 41.6. The van der Waals surface area contributed by atoms with Gasteiger partial charge in [0.1, 0.15) is 0 Å². The fourth-order valence-corrected chi connectivity index (χ4v) is 17.7. The van der Waals surface area contributed by atoms with E-state index in [2.05, 4.69) is 177 Å². The molecule has 0 spiro atoms. The summed E-state index contributed by atoms with van der Waals surface area (Å²) in [7, 11) is -3.18. The Bertz CT molecular complexity index is 4150. The number of imidazole rings is 1. The van der Waals surface area contributed by atoms with E-state index in [0.717, 1.165) is 87.6 Å². The van der Waals surface area contributed by atoms with Crippen molar-refractivity contribution in [2.75, 3.05) is 0 Å². The Morgan fingerprint density at radius 3 is 1.67 bits per heavy atom. The number of nitrogens with zero attached hydrogens (tertiary/aromatic N) is 4. The van der Waals surface area contributed by atoms with E-state index in [0.29, 0.717) is 5.30 Å². The van der Waals surface area contributed by atoms with Crippen molar-refractivity contribution < 1.29 is 4.57 Å². The van der Waals surface area contributed by atoms with E-state index in [1.165, 1.54) is 21.3 Å². The molecule has 0 aliphatic carbocycles. The first-order valence-electron chi connectivity index (χ1n) is 22.9. The third-order valence-electron chi connectivity index (χ3n) is 13.6. The Labute approximate surface area is 406 Å². The van der Waals surface area contributed by atoms with Crippen LogP contribution < -0.4 is 31.8 Å². The van der Waals surface area contributed by atoms with E-state index in [9.17, 15) is 0 Å². The van der Waals surface area contributed by atoms with Gasteiger partial charge in [0.25, 0.3) is 0 Å². The molecule has 0 fully saturated rings. The van der Waals surface area contributed by atoms with E-state index in [1.807, 2.05) is 79.0 Å². The molecule has 0 unspecified atom stereocenters. The molecular weight excluding hydrogens is 946 g/mol. The SMILES string of the molecule is O=P(c1ccccc1)(c1ccccc1)c1ccc(-c2ccc3nc4c5c6ccccc6ccc5c5ccc(-c6cnc7cc(P(=[Se])(c8ccccc8)c8ccccc8)ccc7c6)cc5n4c3c2)nc1. The topological polar surface area (TPSA) is 60.2 Å². The molecule has 0 atom stereocenters. The third kappa shape index (κ3) is 6.79. The van der Waals surface area contributed by atoms with Crippen LogP contribution >= 0.6 is 12.7 Å². The first-order valence-corrected chi connectivity index (χ1v) is 28.7. The number of aromatic nitrogens is 4. The molecule has 13 rings (SSSR count). The van der Waals surface area contributed by atoms with Gasteiger partial charge in [0.05, 0.1) is 11.2 Å². The van der Waals surface area contributed by atoms with E-state index in [-0.39, 0.29) is 0 Å². The summed E-state index contributed by atoms with van der Waals surface area (Å²) in [6, 6.07) is 80.3. The number of rotatable bonds is 8. The summed E-state index contributed by atoms with van der Waals surface area (Å²) < 4.78 is 17.5. The van der Waals surface area contributed by atoms with Gasteiger partial charge in [-0.15, -0.1) is 0 Å². The quantitative estimate of drug-likeness (QED) is 0.0865. The Balaban J connectivity index is 0.959. The van der Waals surface area contributed by atoms with Crippen LogP contribution in [0.2, 0.25) is 0 Å². The minimum absolute atomic E-state index is 0.692. The van der Waals surface area contributed by atoms with Crippen molar-refractivity contribution in [1.82, 2.24) is 19.4 Å². The van der Waals surface area contributed by atoms with Gasteiger partial charge in [-0.3, -0.25) is 4.98 Å². The van der Waals surface area contributed by atoms with Gasteiger partial charge in [-0.25, -0.2) is 4.98 Å². The van der Waals surface area contributed by atoms with Crippen LogP contribution in [0.3, 0.4) is 0 Å². The van der Waals surface area contributed by atoms with Gasteiger partial charge in [0.15, 0.2) is 7.14 Å². The van der Waals surface area contributed by atoms with Crippen molar-refractivity contribution in [3.05, 3.63) is 243 Å². The number of benzene rings is 9. The second-order valence-corrected chi connectivity index (χ2v) is 26.5. The normalized spacial score (nSPS) is 12.2. The van der Waals surface area contributed by atoms with Crippen LogP contribution in [-0.4, -0.2) is 34.5 Å². The van der Waals surface area contributed by atoms with Crippen LogP contribution in [0.5, 0.6) is 0 Å². The molecule has 0 aliphatic rings. The van der Waals surface area contributed by atoms with Gasteiger partial charge in [-0.05, 0) is 35.0 Å². The summed E-state index contributed by atoms with van der Waals surface area (Å²) in [6.45, 7) is 0. The number of hydrogen-bond acceptors (Lipinski definition) is 4. The summed E-state index contributed by atoms with van der Waals surface area (Å²) in [5.41, 5.74) is 6.58. The molecule has 13 aromatic rings. The predicted molar refractivity (Wildman–Crippen MR) is 293 cm³/mol. The molecule has 4 aromatic heterocycles. The van der Waals surface area contributed by atoms with Gasteiger partial charge in [-0.1, -0.05) is 103 Å². The van der Waals surface area contributed by atoms with Crippen molar-refractivity contribution >= 4 is 120 Å². The predicted octanol–water partition coefficient (Wildman–Crippen LogP) is 12.2. The van der Waals surface area contributed by atoms with Crippen LogP contribution in [-0.2, 0) is 4.57 Å². The molecule has 0 bridgehead atoms. The minimum Gasteiger partial charge on any atom is -0.255 e. The van der Waals surface area contributed by atoms with Crippen LogP contribution in [0, 0.1) is 0 Å². The molecule has 69 heavy (non-hydrogen) atoms. The van der Waals surface area contributed by atoms with Crippen molar-refractivity contribution in [3.63, 3.8) is 0 Å². The van der Waals surface area contributed by atoms with Crippen LogP contribution in [0.1, 0.15) is 0 Å². The fourth-order valence-electron chi connectivity index (χ4n) is 10.2. The van der Waals surface area contributed by atoms with E-state index in [1.54, 1.807) is 6.20 Å². The molecule has 0 saturated heterocycles. The van der Waals surface area contributed by atoms with Crippen LogP contribution in [0.4, 0.5) is 0 Å². The number of fused-ring (bicyclic) bond motifs is 11. The minimum atomic E-state index is -3.18. The fraction of sp³-hybridized carbons (Fsp3) is 0. The van der Waals surface area contributed by atoms with Crippen molar-refractivity contribution in [2.45, 2.75) is 0 Å². The number of hydrogen-bond donors (Lipinski definition) is 0. The molecule has 0 saturated carbocycles. The number of pyridine rings is 3. The van der Waals surface area contributed by atoms with E-state index < -0.39 is 12.7 Å². The summed E-state index contributed by atoms with van der Waals surface area (Å²) in [4.78, 5) is 15.6. The molecule has 0 aliphatic heterocycles. The molecule has 5 nitrogen and oxygen atoms in total. The van der Waals surface area contributed by atoms with Gasteiger partial charge >= 0.3 is 205 Å². The maximum atomic E-state index is 15.2. The molecular formula is C61H40N4OP2Se. The maximum absolute atomic E-state index is 15.2. The second-order valence-electron chi connectivity index (χ2n) is 17.5. The van der Waals surface area contributed by atoms with Crippen molar-refractivity contribution in [3.8, 4) is 22.4 Å². The summed E-state index contributed by atoms with van der Waals surface area (Å²) in [6.07, 6.45) is 3.80. The average Bonchev–Trinajstić information content (AvgIpc) is 3.82. The monoisotopic (exact) mass is 986 g/mol. The first-order chi connectivity index (χ1) is 33.9. The molecule has 0 N–H and O–H groups in total. The van der Waals surface area contributed by atoms with Gasteiger partial charge < -0.3 is 4.57 Å². The zero-order valence-electron chi connectivity index (χ0n) is 37.1. The molecule has 9 aromatic carbocycles. The van der Waals surface area contributed by atoms with Crippen LogP contribution in [0.15, 0.2) is 243 Å². The Morgan fingerprint density at radius 1 is 0.391 bits per heavy atom. The zero-order valence-corrected chi connectivity index (χ0v) is 40.6. The molecule has 4 heterocycles. The Kier molecular flexibility index (Phi) is 10.0. The van der Waals surface area contributed by atoms with Crippen molar-refractivity contribution in [1.29, 1.82) is 0 Å².